The summed E-state index contributed by atoms with van der Waals surface area (Å²) < 4.78 is 29.2. The van der Waals surface area contributed by atoms with Crippen LogP contribution in [-0.4, -0.2) is 25.5 Å². The number of hydrogen-bond donors (Lipinski definition) is 0. The summed E-state index contributed by atoms with van der Waals surface area (Å²) in [5.41, 5.74) is 0.657. The molecule has 1 aromatic carbocycles. The highest BCUT2D eigenvalue weighted by atomic mass is 35.5. The summed E-state index contributed by atoms with van der Waals surface area (Å²) in [6.07, 6.45) is 0. The van der Waals surface area contributed by atoms with Crippen molar-refractivity contribution in [2.75, 3.05) is 7.11 Å². The van der Waals surface area contributed by atoms with Crippen molar-refractivity contribution in [1.82, 2.24) is 9.97 Å². The topological polar surface area (TPSA) is 69.2 Å². The van der Waals surface area contributed by atoms with E-state index in [0.717, 1.165) is 0 Å². The molecule has 5 nitrogen and oxygen atoms in total. The van der Waals surface area contributed by atoms with Crippen LogP contribution >= 0.6 is 11.6 Å². The average Bonchev–Trinajstić information content (AvgIpc) is 2.38. The van der Waals surface area contributed by atoms with Crippen LogP contribution in [0.2, 0.25) is 5.15 Å². The van der Waals surface area contributed by atoms with Crippen molar-refractivity contribution in [3.8, 4) is 5.88 Å². The van der Waals surface area contributed by atoms with Gasteiger partial charge in [-0.1, -0.05) is 41.9 Å². The highest BCUT2D eigenvalue weighted by Crippen LogP contribution is 2.19. The molecule has 0 unspecified atom stereocenters. The van der Waals surface area contributed by atoms with E-state index in [1.165, 1.54) is 13.2 Å². The molecular formula is C12H11ClN2O3S. The molecule has 0 spiro atoms. The Morgan fingerprint density at radius 2 is 1.89 bits per heavy atom. The molecular weight excluding hydrogens is 288 g/mol. The zero-order chi connectivity index (χ0) is 13.9. The number of benzene rings is 1. The molecule has 0 amide bonds. The minimum atomic E-state index is -3.66. The molecule has 0 aliphatic heterocycles. The predicted molar refractivity (Wildman–Crippen MR) is 70.9 cm³/mol. The summed E-state index contributed by atoms with van der Waals surface area (Å²) in [7, 11) is -2.27. The maximum Gasteiger partial charge on any atom is 0.252 e. The second-order valence-electron chi connectivity index (χ2n) is 3.76. The summed E-state index contributed by atoms with van der Waals surface area (Å²) in [6, 6.07) is 10.1. The summed E-state index contributed by atoms with van der Waals surface area (Å²) in [5.74, 6) is -0.0659. The van der Waals surface area contributed by atoms with Gasteiger partial charge in [0, 0.05) is 6.07 Å². The van der Waals surface area contributed by atoms with E-state index < -0.39 is 9.84 Å². The van der Waals surface area contributed by atoms with Gasteiger partial charge >= 0.3 is 0 Å². The summed E-state index contributed by atoms with van der Waals surface area (Å²) >= 11 is 5.74. The van der Waals surface area contributed by atoms with E-state index in [-0.39, 0.29) is 21.9 Å². The van der Waals surface area contributed by atoms with Crippen LogP contribution in [0.15, 0.2) is 41.6 Å². The van der Waals surface area contributed by atoms with E-state index in [0.29, 0.717) is 5.56 Å². The van der Waals surface area contributed by atoms with Crippen molar-refractivity contribution >= 4 is 21.4 Å². The Balaban J connectivity index is 2.37. The van der Waals surface area contributed by atoms with Gasteiger partial charge in [0.15, 0.2) is 0 Å². The smallest absolute Gasteiger partial charge is 0.252 e. The normalized spacial score (nSPS) is 11.3. The Kier molecular flexibility index (Phi) is 4.01. The third kappa shape index (κ3) is 3.42. The number of methoxy groups -OCH3 is 1. The lowest BCUT2D eigenvalue weighted by molar-refractivity contribution is 0.391. The molecule has 0 aliphatic carbocycles. The van der Waals surface area contributed by atoms with Gasteiger partial charge in [0.25, 0.3) is 5.16 Å². The van der Waals surface area contributed by atoms with Crippen molar-refractivity contribution in [1.29, 1.82) is 0 Å². The Bertz CT molecular complexity index is 675. The lowest BCUT2D eigenvalue weighted by Gasteiger charge is -2.05. The third-order valence-corrected chi connectivity index (χ3v) is 3.98. The zero-order valence-corrected chi connectivity index (χ0v) is 11.6. The molecule has 7 heteroatoms. The molecule has 0 atom stereocenters. The number of ether oxygens (including phenoxy) is 1. The van der Waals surface area contributed by atoms with E-state index in [2.05, 4.69) is 9.97 Å². The zero-order valence-electron chi connectivity index (χ0n) is 10.1. The second-order valence-corrected chi connectivity index (χ2v) is 6.03. The molecule has 1 aromatic heterocycles. The van der Waals surface area contributed by atoms with E-state index in [4.69, 9.17) is 16.3 Å². The minimum absolute atomic E-state index is 0.0264. The molecule has 2 rings (SSSR count). The Morgan fingerprint density at radius 3 is 2.53 bits per heavy atom. The van der Waals surface area contributed by atoms with Crippen molar-refractivity contribution in [2.45, 2.75) is 10.9 Å². The van der Waals surface area contributed by atoms with Gasteiger partial charge in [-0.05, 0) is 5.56 Å². The number of aromatic nitrogens is 2. The molecule has 0 saturated heterocycles. The molecule has 100 valence electrons. The van der Waals surface area contributed by atoms with Crippen LogP contribution in [0.1, 0.15) is 5.56 Å². The maximum atomic E-state index is 12.2. The van der Waals surface area contributed by atoms with Crippen LogP contribution in [0.3, 0.4) is 0 Å². The van der Waals surface area contributed by atoms with Gasteiger partial charge in [-0.3, -0.25) is 0 Å². The molecule has 0 saturated carbocycles. The molecule has 0 aliphatic rings. The average molecular weight is 299 g/mol. The van der Waals surface area contributed by atoms with E-state index in [1.54, 1.807) is 24.3 Å². The summed E-state index contributed by atoms with van der Waals surface area (Å²) in [5, 5.41) is -0.306. The van der Waals surface area contributed by atoms with Crippen LogP contribution < -0.4 is 4.74 Å². The molecule has 2 aromatic rings. The molecule has 0 radical (unpaired) electrons. The molecule has 19 heavy (non-hydrogen) atoms. The maximum absolute atomic E-state index is 12.2. The van der Waals surface area contributed by atoms with Gasteiger partial charge in [0.05, 0.1) is 12.9 Å². The van der Waals surface area contributed by atoms with E-state index in [1.807, 2.05) is 6.07 Å². The minimum Gasteiger partial charge on any atom is -0.481 e. The first-order valence-electron chi connectivity index (χ1n) is 5.36. The third-order valence-electron chi connectivity index (χ3n) is 2.34. The fourth-order valence-corrected chi connectivity index (χ4v) is 2.93. The van der Waals surface area contributed by atoms with Crippen molar-refractivity contribution in [3.05, 3.63) is 47.1 Å². The van der Waals surface area contributed by atoms with Crippen LogP contribution in [0, 0.1) is 0 Å². The molecule has 0 fully saturated rings. The highest BCUT2D eigenvalue weighted by Gasteiger charge is 2.20. The monoisotopic (exact) mass is 298 g/mol. The largest absolute Gasteiger partial charge is 0.481 e. The lowest BCUT2D eigenvalue weighted by atomic mass is 10.2. The van der Waals surface area contributed by atoms with Crippen LogP contribution in [0.4, 0.5) is 0 Å². The van der Waals surface area contributed by atoms with Gasteiger partial charge in [-0.15, -0.1) is 0 Å². The standard InChI is InChI=1S/C12H11ClN2O3S/c1-18-11-7-10(13)14-12(15-11)19(16,17)8-9-5-3-2-4-6-9/h2-7H,8H2,1H3. The fourth-order valence-electron chi connectivity index (χ4n) is 1.48. The Hall–Kier alpha value is -1.66. The Labute approximate surface area is 116 Å². The van der Waals surface area contributed by atoms with Crippen molar-refractivity contribution in [3.63, 3.8) is 0 Å². The summed E-state index contributed by atoms with van der Waals surface area (Å²) in [6.45, 7) is 0. The van der Waals surface area contributed by atoms with Gasteiger partial charge < -0.3 is 4.74 Å². The highest BCUT2D eigenvalue weighted by molar-refractivity contribution is 7.90. The first kappa shape index (κ1) is 13.8. The Morgan fingerprint density at radius 1 is 1.21 bits per heavy atom. The number of hydrogen-bond acceptors (Lipinski definition) is 5. The quantitative estimate of drug-likeness (QED) is 0.639. The second kappa shape index (κ2) is 5.54. The SMILES string of the molecule is COc1cc(Cl)nc(S(=O)(=O)Cc2ccccc2)n1. The van der Waals surface area contributed by atoms with Gasteiger partial charge in [-0.25, -0.2) is 13.4 Å². The number of sulfone groups is 1. The molecule has 1 heterocycles. The molecule has 0 bridgehead atoms. The number of nitrogens with zero attached hydrogens (tertiary/aromatic N) is 2. The van der Waals surface area contributed by atoms with Gasteiger partial charge in [-0.2, -0.15) is 4.98 Å². The van der Waals surface area contributed by atoms with Gasteiger partial charge in [0.1, 0.15) is 5.15 Å². The first-order chi connectivity index (χ1) is 9.01. The van der Waals surface area contributed by atoms with Gasteiger partial charge in [0.2, 0.25) is 15.7 Å². The van der Waals surface area contributed by atoms with Crippen LogP contribution in [0.25, 0.3) is 0 Å². The van der Waals surface area contributed by atoms with Crippen molar-refractivity contribution < 1.29 is 13.2 Å². The number of rotatable bonds is 4. The van der Waals surface area contributed by atoms with Crippen LogP contribution in [0.5, 0.6) is 5.88 Å². The first-order valence-corrected chi connectivity index (χ1v) is 7.39. The van der Waals surface area contributed by atoms with Crippen molar-refractivity contribution in [2.24, 2.45) is 0 Å². The van der Waals surface area contributed by atoms with E-state index in [9.17, 15) is 8.42 Å². The predicted octanol–water partition coefficient (Wildman–Crippen LogP) is 2.11. The molecule has 0 N–H and O–H groups in total. The fraction of sp³-hybridized carbons (Fsp3) is 0.167. The summed E-state index contributed by atoms with van der Waals surface area (Å²) in [4.78, 5) is 7.55. The lowest BCUT2D eigenvalue weighted by Crippen LogP contribution is -2.10. The number of halogens is 1. The van der Waals surface area contributed by atoms with Crippen LogP contribution in [-0.2, 0) is 15.6 Å². The van der Waals surface area contributed by atoms with E-state index >= 15 is 0 Å².